The molecule has 0 bridgehead atoms. The Labute approximate surface area is 73.7 Å². The van der Waals surface area contributed by atoms with Crippen LogP contribution in [-0.2, 0) is 0 Å². The Balaban J connectivity index is 2.56. The molecule has 1 aliphatic heterocycles. The van der Waals surface area contributed by atoms with Gasteiger partial charge in [-0.1, -0.05) is 0 Å². The summed E-state index contributed by atoms with van der Waals surface area (Å²) in [6, 6.07) is 0. The molecule has 1 heterocycles. The van der Waals surface area contributed by atoms with Crippen LogP contribution in [0.25, 0.3) is 0 Å². The monoisotopic (exact) mass is 320 g/mol. The number of halogens is 1. The predicted molar refractivity (Wildman–Crippen MR) is 53.2 cm³/mol. The van der Waals surface area contributed by atoms with Crippen molar-refractivity contribution < 1.29 is 0 Å². The van der Waals surface area contributed by atoms with Crippen molar-refractivity contribution in [2.24, 2.45) is 0 Å². The van der Waals surface area contributed by atoms with Gasteiger partial charge in [-0.3, -0.25) is 0 Å². The van der Waals surface area contributed by atoms with Gasteiger partial charge in [-0.15, -0.1) is 0 Å². The molecule has 1 saturated heterocycles. The van der Waals surface area contributed by atoms with E-state index in [0.717, 1.165) is 3.97 Å². The molecule has 0 aromatic carbocycles. The fourth-order valence-corrected chi connectivity index (χ4v) is 12.7. The summed E-state index contributed by atoms with van der Waals surface area (Å²) in [6.45, 7) is 6.23. The summed E-state index contributed by atoms with van der Waals surface area (Å²) in [5, 5.41) is 0. The third kappa shape index (κ3) is 1.78. The molecular formula is C8H15BrTe. The van der Waals surface area contributed by atoms with Crippen LogP contribution < -0.4 is 0 Å². The van der Waals surface area contributed by atoms with Crippen molar-refractivity contribution in [3.8, 4) is 0 Å². The van der Waals surface area contributed by atoms with E-state index in [9.17, 15) is 0 Å². The van der Waals surface area contributed by atoms with Crippen LogP contribution >= 0.6 is 12.8 Å². The van der Waals surface area contributed by atoms with Crippen LogP contribution in [-0.4, -0.2) is 16.0 Å². The zero-order chi connectivity index (χ0) is 7.61. The van der Waals surface area contributed by atoms with Crippen LogP contribution in [0.2, 0.25) is 12.9 Å². The number of hydrogen-bond donors (Lipinski definition) is 0. The van der Waals surface area contributed by atoms with E-state index in [-0.39, 0.29) is 0 Å². The van der Waals surface area contributed by atoms with Crippen LogP contribution in [0.4, 0.5) is 0 Å². The Bertz CT molecular complexity index is 135. The van der Waals surface area contributed by atoms with Crippen molar-refractivity contribution in [2.75, 3.05) is 0 Å². The van der Waals surface area contributed by atoms with Crippen LogP contribution in [0.3, 0.4) is 0 Å². The van der Waals surface area contributed by atoms with E-state index in [2.05, 4.69) is 32.3 Å². The second-order valence-electron chi connectivity index (χ2n) is 2.96. The summed E-state index contributed by atoms with van der Waals surface area (Å²) in [7, 11) is 0. The molecular weight excluding hydrogens is 304 g/mol. The van der Waals surface area contributed by atoms with E-state index < -0.39 is 16.0 Å². The molecule has 0 aromatic rings. The normalized spacial score (nSPS) is 46.4. The zero-order valence-electron chi connectivity index (χ0n) is 6.48. The Morgan fingerprint density at radius 3 is 2.90 bits per heavy atom. The predicted octanol–water partition coefficient (Wildman–Crippen LogP) is 3.70. The molecule has 1 rings (SSSR count). The summed E-state index contributed by atoms with van der Waals surface area (Å²) >= 11 is 2.48. The van der Waals surface area contributed by atoms with Gasteiger partial charge in [-0.05, 0) is 0 Å². The van der Waals surface area contributed by atoms with Gasteiger partial charge in [0, 0.05) is 0 Å². The van der Waals surface area contributed by atoms with Crippen molar-refractivity contribution in [1.82, 2.24) is 0 Å². The molecule has 10 heavy (non-hydrogen) atoms. The van der Waals surface area contributed by atoms with E-state index in [4.69, 9.17) is 0 Å². The number of rotatable bonds is 2. The summed E-state index contributed by atoms with van der Waals surface area (Å²) in [5.41, 5.74) is 0. The van der Waals surface area contributed by atoms with Crippen molar-refractivity contribution in [3.05, 3.63) is 12.7 Å². The van der Waals surface area contributed by atoms with Gasteiger partial charge in [0.2, 0.25) is 0 Å². The molecule has 0 aromatic heterocycles. The molecule has 60 valence electrons. The summed E-state index contributed by atoms with van der Waals surface area (Å²) in [4.78, 5) is 0. The van der Waals surface area contributed by atoms with Gasteiger partial charge in [0.25, 0.3) is 0 Å². The van der Waals surface area contributed by atoms with Gasteiger partial charge in [0.1, 0.15) is 0 Å². The third-order valence-corrected chi connectivity index (χ3v) is 20.2. The fraction of sp³-hybridized carbons (Fsp3) is 0.750. The molecule has 2 atom stereocenters. The molecule has 0 spiro atoms. The first-order valence-corrected chi connectivity index (χ1v) is 13.6. The molecule has 0 saturated carbocycles. The van der Waals surface area contributed by atoms with Gasteiger partial charge in [-0.25, -0.2) is 0 Å². The fourth-order valence-electron chi connectivity index (χ4n) is 1.47. The zero-order valence-corrected chi connectivity index (χ0v) is 10.4. The topological polar surface area (TPSA) is 0 Å². The summed E-state index contributed by atoms with van der Waals surface area (Å²) < 4.78 is 3.83. The minimum absolute atomic E-state index is 1.01. The van der Waals surface area contributed by atoms with Gasteiger partial charge in [0.15, 0.2) is 0 Å². The summed E-state index contributed by atoms with van der Waals surface area (Å²) in [6.07, 6.45) is 5.03. The molecule has 0 radical (unpaired) electrons. The van der Waals surface area contributed by atoms with Crippen molar-refractivity contribution in [3.63, 3.8) is 0 Å². The van der Waals surface area contributed by atoms with E-state index in [1.807, 2.05) is 0 Å². The molecule has 0 amide bonds. The maximum absolute atomic E-state index is 3.99. The van der Waals surface area contributed by atoms with Gasteiger partial charge >= 0.3 is 74.1 Å². The van der Waals surface area contributed by atoms with Gasteiger partial charge in [-0.2, -0.15) is 0 Å². The van der Waals surface area contributed by atoms with Crippen LogP contribution in [0.1, 0.15) is 19.8 Å². The Kier molecular flexibility index (Phi) is 3.28. The molecule has 0 N–H and O–H groups in total. The first kappa shape index (κ1) is 9.10. The molecule has 1 fully saturated rings. The average Bonchev–Trinajstić information content (AvgIpc) is 2.15. The van der Waals surface area contributed by atoms with E-state index >= 15 is 0 Å². The number of allylic oxidation sites excluding steroid dienone is 1. The molecule has 1 aliphatic rings. The Hall–Kier alpha value is 1.01. The maximum atomic E-state index is 3.99. The molecule has 0 nitrogen and oxygen atoms in total. The SMILES string of the molecule is C=CC[Te]1(Br)CCCC1C. The van der Waals surface area contributed by atoms with Crippen molar-refractivity contribution in [2.45, 2.75) is 32.7 Å². The third-order valence-electron chi connectivity index (χ3n) is 2.21. The second-order valence-corrected chi connectivity index (χ2v) is 20.8. The average molecular weight is 319 g/mol. The van der Waals surface area contributed by atoms with Crippen molar-refractivity contribution in [1.29, 1.82) is 0 Å². The van der Waals surface area contributed by atoms with Crippen LogP contribution in [0, 0.1) is 0 Å². The van der Waals surface area contributed by atoms with E-state index in [1.165, 1.54) is 21.8 Å². The summed E-state index contributed by atoms with van der Waals surface area (Å²) in [5.74, 6) is 0. The van der Waals surface area contributed by atoms with Gasteiger partial charge < -0.3 is 0 Å². The van der Waals surface area contributed by atoms with E-state index in [0.29, 0.717) is 0 Å². The Morgan fingerprint density at radius 2 is 2.50 bits per heavy atom. The van der Waals surface area contributed by atoms with Crippen LogP contribution in [0.15, 0.2) is 12.7 Å². The van der Waals surface area contributed by atoms with Gasteiger partial charge in [0.05, 0.1) is 0 Å². The van der Waals surface area contributed by atoms with Crippen molar-refractivity contribution >= 4 is 28.7 Å². The number of hydrogen-bond acceptors (Lipinski definition) is 0. The standard InChI is InChI=1S/C8H15BrTe/c1-3-6-10(9)7-4-5-8(10)2/h3,8H,1,4-7H2,2H3. The minimum atomic E-state index is -1.51. The molecule has 0 aliphatic carbocycles. The Morgan fingerprint density at radius 1 is 1.80 bits per heavy atom. The first-order valence-electron chi connectivity index (χ1n) is 3.77. The molecule has 2 unspecified atom stereocenters. The van der Waals surface area contributed by atoms with E-state index in [1.54, 1.807) is 0 Å². The first-order chi connectivity index (χ1) is 4.69. The second kappa shape index (κ2) is 3.61. The quantitative estimate of drug-likeness (QED) is 0.538. The molecule has 2 heteroatoms. The van der Waals surface area contributed by atoms with Crippen LogP contribution in [0.5, 0.6) is 0 Å².